The number of benzene rings is 2. The number of hydrogen-bond donors (Lipinski definition) is 2. The summed E-state index contributed by atoms with van der Waals surface area (Å²) in [6.45, 7) is 5.49. The number of amides is 2. The number of ether oxygens (including phenoxy) is 2. The molecule has 6 heteroatoms. The lowest BCUT2D eigenvalue weighted by Gasteiger charge is -2.15. The van der Waals surface area contributed by atoms with E-state index in [0.717, 1.165) is 5.56 Å². The average Bonchev–Trinajstić information content (AvgIpc) is 2.61. The van der Waals surface area contributed by atoms with Crippen molar-refractivity contribution in [3.63, 3.8) is 0 Å². The Bertz CT molecular complexity index is 742. The van der Waals surface area contributed by atoms with Crippen molar-refractivity contribution < 1.29 is 19.1 Å². The van der Waals surface area contributed by atoms with Crippen molar-refractivity contribution in [3.05, 3.63) is 54.1 Å². The van der Waals surface area contributed by atoms with Crippen LogP contribution in [0.25, 0.3) is 0 Å². The van der Waals surface area contributed by atoms with Crippen LogP contribution < -0.4 is 20.1 Å². The molecule has 0 heterocycles. The monoisotopic (exact) mass is 356 g/mol. The summed E-state index contributed by atoms with van der Waals surface area (Å²) in [7, 11) is 0. The van der Waals surface area contributed by atoms with Gasteiger partial charge in [0.05, 0.1) is 18.3 Å². The summed E-state index contributed by atoms with van der Waals surface area (Å²) in [4.78, 5) is 23.9. The van der Waals surface area contributed by atoms with Crippen molar-refractivity contribution in [2.24, 2.45) is 0 Å². The smallest absolute Gasteiger partial charge is 0.258 e. The molecule has 0 saturated heterocycles. The van der Waals surface area contributed by atoms with Crippen molar-refractivity contribution in [3.8, 4) is 11.5 Å². The highest BCUT2D eigenvalue weighted by molar-refractivity contribution is 5.95. The molecule has 0 unspecified atom stereocenters. The summed E-state index contributed by atoms with van der Waals surface area (Å²) < 4.78 is 11.0. The molecule has 2 amide bonds. The Morgan fingerprint density at radius 2 is 1.69 bits per heavy atom. The molecule has 0 atom stereocenters. The average molecular weight is 356 g/mol. The second-order valence-electron chi connectivity index (χ2n) is 6.09. The van der Waals surface area contributed by atoms with Gasteiger partial charge in [0.25, 0.3) is 5.91 Å². The second-order valence-corrected chi connectivity index (χ2v) is 6.09. The number of hydrogen-bond acceptors (Lipinski definition) is 4. The highest BCUT2D eigenvalue weighted by atomic mass is 16.5. The van der Waals surface area contributed by atoms with Crippen LogP contribution in [0.2, 0.25) is 0 Å². The Morgan fingerprint density at radius 1 is 1.00 bits per heavy atom. The topological polar surface area (TPSA) is 76.7 Å². The van der Waals surface area contributed by atoms with E-state index >= 15 is 0 Å². The Hall–Kier alpha value is -3.02. The zero-order chi connectivity index (χ0) is 18.9. The maximum atomic E-state index is 12.0. The molecule has 0 spiro atoms. The van der Waals surface area contributed by atoms with Gasteiger partial charge in [-0.1, -0.05) is 29.8 Å². The molecular weight excluding hydrogens is 332 g/mol. The van der Waals surface area contributed by atoms with Gasteiger partial charge in [-0.05, 0) is 45.0 Å². The molecule has 0 bridgehead atoms. The van der Waals surface area contributed by atoms with Crippen molar-refractivity contribution in [2.45, 2.75) is 26.9 Å². The summed E-state index contributed by atoms with van der Waals surface area (Å²) in [5, 5.41) is 5.26. The van der Waals surface area contributed by atoms with E-state index in [9.17, 15) is 9.59 Å². The highest BCUT2D eigenvalue weighted by Crippen LogP contribution is 2.24. The van der Waals surface area contributed by atoms with E-state index in [1.807, 2.05) is 39.0 Å². The van der Waals surface area contributed by atoms with Crippen LogP contribution in [0.3, 0.4) is 0 Å². The molecule has 0 aliphatic heterocycles. The van der Waals surface area contributed by atoms with Gasteiger partial charge in [0, 0.05) is 0 Å². The molecule has 0 fully saturated rings. The molecule has 2 N–H and O–H groups in total. The molecule has 26 heavy (non-hydrogen) atoms. The first-order chi connectivity index (χ1) is 12.4. The summed E-state index contributed by atoms with van der Waals surface area (Å²) >= 11 is 0. The number of aryl methyl sites for hydroxylation is 1. The Kier molecular flexibility index (Phi) is 7.02. The standard InChI is InChI=1S/C20H24N2O4/c1-14(2)26-18-7-5-4-6-17(18)22-19(23)12-21-20(24)13-25-16-10-8-15(3)9-11-16/h4-11,14H,12-13H2,1-3H3,(H,21,24)(H,22,23). The van der Waals surface area contributed by atoms with Crippen LogP contribution in [-0.2, 0) is 9.59 Å². The third-order valence-electron chi connectivity index (χ3n) is 3.36. The van der Waals surface area contributed by atoms with Crippen LogP contribution in [0.1, 0.15) is 19.4 Å². The SMILES string of the molecule is Cc1ccc(OCC(=O)NCC(=O)Nc2ccccc2OC(C)C)cc1. The van der Waals surface area contributed by atoms with Gasteiger partial charge in [-0.2, -0.15) is 0 Å². The molecule has 6 nitrogen and oxygen atoms in total. The van der Waals surface area contributed by atoms with E-state index in [1.165, 1.54) is 0 Å². The second kappa shape index (κ2) is 9.46. The zero-order valence-electron chi connectivity index (χ0n) is 15.2. The molecule has 2 aromatic carbocycles. The van der Waals surface area contributed by atoms with Gasteiger partial charge in [-0.15, -0.1) is 0 Å². The van der Waals surface area contributed by atoms with Crippen molar-refractivity contribution >= 4 is 17.5 Å². The van der Waals surface area contributed by atoms with E-state index in [4.69, 9.17) is 9.47 Å². The van der Waals surface area contributed by atoms with E-state index < -0.39 is 0 Å². The van der Waals surface area contributed by atoms with Gasteiger partial charge in [0.15, 0.2) is 6.61 Å². The minimum Gasteiger partial charge on any atom is -0.489 e. The lowest BCUT2D eigenvalue weighted by molar-refractivity contribution is -0.125. The van der Waals surface area contributed by atoms with Crippen molar-refractivity contribution in [1.82, 2.24) is 5.32 Å². The fourth-order valence-corrected chi connectivity index (χ4v) is 2.13. The molecular formula is C20H24N2O4. The van der Waals surface area contributed by atoms with Crippen LogP contribution in [0.5, 0.6) is 11.5 Å². The number of rotatable bonds is 8. The lowest BCUT2D eigenvalue weighted by Crippen LogP contribution is -2.35. The third kappa shape index (κ3) is 6.47. The predicted molar refractivity (Wildman–Crippen MR) is 101 cm³/mol. The normalized spacial score (nSPS) is 10.3. The Morgan fingerprint density at radius 3 is 2.38 bits per heavy atom. The fraction of sp³-hybridized carbons (Fsp3) is 0.300. The third-order valence-corrected chi connectivity index (χ3v) is 3.36. The van der Waals surface area contributed by atoms with Crippen LogP contribution in [0.4, 0.5) is 5.69 Å². The van der Waals surface area contributed by atoms with Gasteiger partial charge in [0.1, 0.15) is 11.5 Å². The summed E-state index contributed by atoms with van der Waals surface area (Å²) in [6, 6.07) is 14.5. The number of nitrogens with one attached hydrogen (secondary N) is 2. The molecule has 0 aliphatic carbocycles. The van der Waals surface area contributed by atoms with Crippen LogP contribution in [-0.4, -0.2) is 31.1 Å². The first-order valence-electron chi connectivity index (χ1n) is 8.45. The Labute approximate surface area is 153 Å². The van der Waals surface area contributed by atoms with E-state index in [1.54, 1.807) is 30.3 Å². The van der Waals surface area contributed by atoms with Gasteiger partial charge in [0.2, 0.25) is 5.91 Å². The van der Waals surface area contributed by atoms with E-state index in [-0.39, 0.29) is 31.1 Å². The van der Waals surface area contributed by atoms with Gasteiger partial charge < -0.3 is 20.1 Å². The lowest BCUT2D eigenvalue weighted by atomic mass is 10.2. The molecule has 0 aliphatic rings. The van der Waals surface area contributed by atoms with Gasteiger partial charge in [-0.25, -0.2) is 0 Å². The number of anilines is 1. The highest BCUT2D eigenvalue weighted by Gasteiger charge is 2.10. The largest absolute Gasteiger partial charge is 0.489 e. The van der Waals surface area contributed by atoms with Crippen molar-refractivity contribution in [1.29, 1.82) is 0 Å². The molecule has 0 saturated carbocycles. The van der Waals surface area contributed by atoms with Crippen molar-refractivity contribution in [2.75, 3.05) is 18.5 Å². The van der Waals surface area contributed by atoms with Gasteiger partial charge in [-0.3, -0.25) is 9.59 Å². The minimum absolute atomic E-state index is 0.00771. The van der Waals surface area contributed by atoms with Crippen LogP contribution in [0.15, 0.2) is 48.5 Å². The predicted octanol–water partition coefficient (Wildman–Crippen LogP) is 2.92. The minimum atomic E-state index is -0.368. The summed E-state index contributed by atoms with van der Waals surface area (Å²) in [5.41, 5.74) is 1.68. The maximum absolute atomic E-state index is 12.0. The van der Waals surface area contributed by atoms with E-state index in [2.05, 4.69) is 10.6 Å². The van der Waals surface area contributed by atoms with Gasteiger partial charge >= 0.3 is 0 Å². The molecule has 0 aromatic heterocycles. The molecule has 0 radical (unpaired) electrons. The van der Waals surface area contributed by atoms with E-state index in [0.29, 0.717) is 17.2 Å². The first kappa shape index (κ1) is 19.3. The molecule has 138 valence electrons. The quantitative estimate of drug-likeness (QED) is 0.762. The fourth-order valence-electron chi connectivity index (χ4n) is 2.13. The van der Waals surface area contributed by atoms with Crippen LogP contribution >= 0.6 is 0 Å². The first-order valence-corrected chi connectivity index (χ1v) is 8.45. The Balaban J connectivity index is 1.78. The summed E-state index contributed by atoms with van der Waals surface area (Å²) in [6.07, 6.45) is -0.00771. The summed E-state index contributed by atoms with van der Waals surface area (Å²) in [5.74, 6) is 0.487. The number of para-hydroxylation sites is 2. The maximum Gasteiger partial charge on any atom is 0.258 e. The van der Waals surface area contributed by atoms with Crippen LogP contribution in [0, 0.1) is 6.92 Å². The number of carbonyl (C=O) groups is 2. The number of carbonyl (C=O) groups excluding carboxylic acids is 2. The molecule has 2 aromatic rings. The zero-order valence-corrected chi connectivity index (χ0v) is 15.2. The molecule has 2 rings (SSSR count).